The summed E-state index contributed by atoms with van der Waals surface area (Å²) in [6, 6.07) is 12.7. The van der Waals surface area contributed by atoms with E-state index < -0.39 is 0 Å². The van der Waals surface area contributed by atoms with E-state index in [4.69, 9.17) is 4.74 Å². The zero-order valence-corrected chi connectivity index (χ0v) is 14.5. The highest BCUT2D eigenvalue weighted by atomic mass is 19.1. The summed E-state index contributed by atoms with van der Waals surface area (Å²) in [5.41, 5.74) is 1.57. The number of halogens is 2. The molecule has 0 atom stereocenters. The number of hydrogen-bond donors (Lipinski definition) is 0. The number of carbonyl (C=O) groups is 1. The van der Waals surface area contributed by atoms with Crippen molar-refractivity contribution in [3.8, 4) is 0 Å². The number of carbonyl (C=O) groups excluding carboxylic acids is 1. The molecule has 2 aromatic carbocycles. The third-order valence-corrected chi connectivity index (χ3v) is 4.01. The Balaban J connectivity index is 2.14. The maximum Gasteiger partial charge on any atom is 0.320 e. The minimum Gasteiger partial charge on any atom is -0.465 e. The second kappa shape index (κ2) is 9.28. The molecule has 0 amide bonds. The Morgan fingerprint density at radius 2 is 1.64 bits per heavy atom. The van der Waals surface area contributed by atoms with Gasteiger partial charge in [-0.1, -0.05) is 24.3 Å². The van der Waals surface area contributed by atoms with Crippen LogP contribution in [0.2, 0.25) is 0 Å². The molecule has 0 radical (unpaired) electrons. The number of rotatable bonds is 8. The van der Waals surface area contributed by atoms with E-state index in [0.717, 1.165) is 11.1 Å². The number of hydrogen-bond acceptors (Lipinski definition) is 3. The van der Waals surface area contributed by atoms with Crippen LogP contribution in [-0.2, 0) is 9.53 Å². The zero-order valence-electron chi connectivity index (χ0n) is 14.5. The number of nitrogens with zero attached hydrogens (tertiary/aromatic N) is 1. The number of benzene rings is 2. The van der Waals surface area contributed by atoms with Crippen molar-refractivity contribution in [2.75, 3.05) is 26.7 Å². The van der Waals surface area contributed by atoms with Gasteiger partial charge in [-0.25, -0.2) is 8.78 Å². The lowest BCUT2D eigenvalue weighted by molar-refractivity contribution is -0.144. The van der Waals surface area contributed by atoms with Crippen LogP contribution in [-0.4, -0.2) is 37.6 Å². The fraction of sp³-hybridized carbons (Fsp3) is 0.350. The molecule has 5 heteroatoms. The predicted molar refractivity (Wildman–Crippen MR) is 93.4 cm³/mol. The van der Waals surface area contributed by atoms with Crippen molar-refractivity contribution < 1.29 is 18.3 Å². The lowest BCUT2D eigenvalue weighted by Crippen LogP contribution is -2.29. The largest absolute Gasteiger partial charge is 0.465 e. The molecule has 0 fully saturated rings. The van der Waals surface area contributed by atoms with E-state index in [1.54, 1.807) is 19.1 Å². The Hall–Kier alpha value is -2.27. The number of ether oxygens (including phenoxy) is 1. The van der Waals surface area contributed by atoms with Gasteiger partial charge in [0.25, 0.3) is 0 Å². The lowest BCUT2D eigenvalue weighted by atomic mass is 9.88. The summed E-state index contributed by atoms with van der Waals surface area (Å²) in [4.78, 5) is 13.4. The molecule has 134 valence electrons. The summed E-state index contributed by atoms with van der Waals surface area (Å²) in [5.74, 6) is -1.08. The molecule has 0 bridgehead atoms. The predicted octanol–water partition coefficient (Wildman–Crippen LogP) is 3.98. The van der Waals surface area contributed by atoms with Crippen LogP contribution in [0.4, 0.5) is 8.78 Å². The smallest absolute Gasteiger partial charge is 0.320 e. The maximum absolute atomic E-state index is 13.6. The molecule has 2 rings (SSSR count). The van der Waals surface area contributed by atoms with Crippen LogP contribution in [0.3, 0.4) is 0 Å². The molecule has 0 aliphatic heterocycles. The summed E-state index contributed by atoms with van der Waals surface area (Å²) in [6.45, 7) is 2.90. The Labute approximate surface area is 147 Å². The van der Waals surface area contributed by atoms with E-state index in [-0.39, 0.29) is 30.1 Å². The zero-order chi connectivity index (χ0) is 18.2. The first-order valence-corrected chi connectivity index (χ1v) is 8.34. The standard InChI is InChI=1S/C20H23F2NO2/c1-3-25-20(24)14-23(2)11-10-19(15-6-4-8-17(21)12-15)16-7-5-9-18(22)13-16/h4-9,12-13,19H,3,10-11,14H2,1-2H3. The molecule has 0 aliphatic carbocycles. The van der Waals surface area contributed by atoms with E-state index in [2.05, 4.69) is 0 Å². The van der Waals surface area contributed by atoms with Crippen LogP contribution >= 0.6 is 0 Å². The van der Waals surface area contributed by atoms with Crippen LogP contribution in [0.25, 0.3) is 0 Å². The molecule has 0 spiro atoms. The van der Waals surface area contributed by atoms with Crippen molar-refractivity contribution in [1.82, 2.24) is 4.90 Å². The van der Waals surface area contributed by atoms with E-state index in [9.17, 15) is 13.6 Å². The summed E-state index contributed by atoms with van der Waals surface area (Å²) < 4.78 is 32.2. The molecule has 0 unspecified atom stereocenters. The highest BCUT2D eigenvalue weighted by Crippen LogP contribution is 2.29. The van der Waals surface area contributed by atoms with Gasteiger partial charge in [0.15, 0.2) is 0 Å². The minimum absolute atomic E-state index is 0.156. The van der Waals surface area contributed by atoms with Crippen LogP contribution in [0, 0.1) is 11.6 Å². The molecule has 0 aliphatic rings. The second-order valence-electron chi connectivity index (χ2n) is 5.99. The highest BCUT2D eigenvalue weighted by Gasteiger charge is 2.17. The van der Waals surface area contributed by atoms with Crippen LogP contribution in [0.1, 0.15) is 30.4 Å². The molecular formula is C20H23F2NO2. The molecular weight excluding hydrogens is 324 g/mol. The average Bonchev–Trinajstić information content (AvgIpc) is 2.55. The summed E-state index contributed by atoms with van der Waals surface area (Å²) >= 11 is 0. The molecule has 25 heavy (non-hydrogen) atoms. The minimum atomic E-state index is -0.321. The van der Waals surface area contributed by atoms with Gasteiger partial charge in [-0.3, -0.25) is 9.69 Å². The Morgan fingerprint density at radius 1 is 1.08 bits per heavy atom. The number of esters is 1. The van der Waals surface area contributed by atoms with E-state index in [1.807, 2.05) is 24.1 Å². The fourth-order valence-electron chi connectivity index (χ4n) is 2.83. The van der Waals surface area contributed by atoms with Crippen LogP contribution in [0.15, 0.2) is 48.5 Å². The van der Waals surface area contributed by atoms with Gasteiger partial charge in [-0.05, 0) is 62.3 Å². The van der Waals surface area contributed by atoms with Gasteiger partial charge in [0, 0.05) is 5.92 Å². The topological polar surface area (TPSA) is 29.5 Å². The van der Waals surface area contributed by atoms with Gasteiger partial charge in [0.2, 0.25) is 0 Å². The van der Waals surface area contributed by atoms with Crippen molar-refractivity contribution in [3.05, 3.63) is 71.3 Å². The third-order valence-electron chi connectivity index (χ3n) is 4.01. The first kappa shape index (κ1) is 19.1. The second-order valence-corrected chi connectivity index (χ2v) is 5.99. The summed E-state index contributed by atoms with van der Waals surface area (Å²) in [5, 5.41) is 0. The molecule has 2 aromatic rings. The molecule has 0 saturated heterocycles. The van der Waals surface area contributed by atoms with Gasteiger partial charge < -0.3 is 4.74 Å². The molecule has 0 saturated carbocycles. The van der Waals surface area contributed by atoms with Crippen molar-refractivity contribution in [2.45, 2.75) is 19.3 Å². The Morgan fingerprint density at radius 3 is 2.12 bits per heavy atom. The monoisotopic (exact) mass is 347 g/mol. The van der Waals surface area contributed by atoms with Crippen LogP contribution < -0.4 is 0 Å². The first-order chi connectivity index (χ1) is 12.0. The van der Waals surface area contributed by atoms with E-state index in [1.165, 1.54) is 24.3 Å². The maximum atomic E-state index is 13.6. The molecule has 0 aromatic heterocycles. The summed E-state index contributed by atoms with van der Waals surface area (Å²) in [7, 11) is 1.82. The normalized spacial score (nSPS) is 11.1. The third kappa shape index (κ3) is 5.94. The Kier molecular flexibility index (Phi) is 7.07. The van der Waals surface area contributed by atoms with Gasteiger partial charge in [-0.15, -0.1) is 0 Å². The van der Waals surface area contributed by atoms with Crippen molar-refractivity contribution in [2.24, 2.45) is 0 Å². The molecule has 3 nitrogen and oxygen atoms in total. The van der Waals surface area contributed by atoms with Crippen molar-refractivity contribution >= 4 is 5.97 Å². The lowest BCUT2D eigenvalue weighted by Gasteiger charge is -2.22. The SMILES string of the molecule is CCOC(=O)CN(C)CCC(c1cccc(F)c1)c1cccc(F)c1. The Bertz CT molecular complexity index is 660. The number of likely N-dealkylation sites (N-methyl/N-ethyl adjacent to an activating group) is 1. The van der Waals surface area contributed by atoms with Gasteiger partial charge >= 0.3 is 5.97 Å². The van der Waals surface area contributed by atoms with Gasteiger partial charge in [-0.2, -0.15) is 0 Å². The fourth-order valence-corrected chi connectivity index (χ4v) is 2.83. The van der Waals surface area contributed by atoms with Crippen molar-refractivity contribution in [1.29, 1.82) is 0 Å². The highest BCUT2D eigenvalue weighted by molar-refractivity contribution is 5.71. The summed E-state index contributed by atoms with van der Waals surface area (Å²) in [6.07, 6.45) is 0.628. The quantitative estimate of drug-likeness (QED) is 0.677. The van der Waals surface area contributed by atoms with E-state index >= 15 is 0 Å². The van der Waals surface area contributed by atoms with Crippen LogP contribution in [0.5, 0.6) is 0 Å². The first-order valence-electron chi connectivity index (χ1n) is 8.34. The molecule has 0 heterocycles. The molecule has 0 N–H and O–H groups in total. The average molecular weight is 347 g/mol. The van der Waals surface area contributed by atoms with Crippen molar-refractivity contribution in [3.63, 3.8) is 0 Å². The van der Waals surface area contributed by atoms with Gasteiger partial charge in [0.05, 0.1) is 13.2 Å². The van der Waals surface area contributed by atoms with E-state index in [0.29, 0.717) is 19.6 Å². The van der Waals surface area contributed by atoms with Gasteiger partial charge in [0.1, 0.15) is 11.6 Å².